The first-order valence-corrected chi connectivity index (χ1v) is 23.1. The molecule has 0 saturated carbocycles. The smallest absolute Gasteiger partial charge is 0.217 e. The second kappa shape index (κ2) is 48.8. The largest absolute Gasteiger partial charge is 0.726 e. The minimum atomic E-state index is -4.41. The van der Waals surface area contributed by atoms with Crippen LogP contribution in [-0.4, -0.2) is 65.1 Å². The SMILES string of the molecule is CCCCCCCCCCCCCCCCCCOCCCCCCCCCCCCCCCCCC.CC[NH+](C)CCO.COS(=O)(=O)[O-]. The van der Waals surface area contributed by atoms with Gasteiger partial charge in [0.05, 0.1) is 27.3 Å². The molecular weight excluding hydrogens is 647 g/mol. The summed E-state index contributed by atoms with van der Waals surface area (Å²) in [4.78, 5) is 1.38. The highest BCUT2D eigenvalue weighted by atomic mass is 32.3. The molecule has 8 heteroatoms. The number of aliphatic hydroxyl groups excluding tert-OH is 1. The van der Waals surface area contributed by atoms with Crippen LogP contribution in [0.15, 0.2) is 0 Å². The van der Waals surface area contributed by atoms with Crippen LogP contribution in [0.5, 0.6) is 0 Å². The predicted octanol–water partition coefficient (Wildman–Crippen LogP) is 11.1. The number of hydrogen-bond acceptors (Lipinski definition) is 6. The highest BCUT2D eigenvalue weighted by Gasteiger charge is 1.97. The van der Waals surface area contributed by atoms with Crippen LogP contribution in [0.3, 0.4) is 0 Å². The van der Waals surface area contributed by atoms with Crippen molar-refractivity contribution < 1.29 is 31.9 Å². The van der Waals surface area contributed by atoms with Gasteiger partial charge in [0.25, 0.3) is 0 Å². The first-order chi connectivity index (χ1) is 24.3. The fourth-order valence-electron chi connectivity index (χ4n) is 5.97. The molecule has 0 aliphatic heterocycles. The minimum Gasteiger partial charge on any atom is -0.726 e. The van der Waals surface area contributed by atoms with E-state index in [9.17, 15) is 13.0 Å². The van der Waals surface area contributed by atoms with Gasteiger partial charge in [0.15, 0.2) is 0 Å². The Labute approximate surface area is 314 Å². The normalized spacial score (nSPS) is 11.9. The van der Waals surface area contributed by atoms with Crippen molar-refractivity contribution in [2.45, 2.75) is 226 Å². The van der Waals surface area contributed by atoms with Crippen molar-refractivity contribution in [1.82, 2.24) is 0 Å². The lowest BCUT2D eigenvalue weighted by Gasteiger charge is -2.06. The summed E-state index contributed by atoms with van der Waals surface area (Å²) in [6.07, 6.45) is 46.0. The number of rotatable bonds is 38. The van der Waals surface area contributed by atoms with Gasteiger partial charge < -0.3 is 19.3 Å². The second-order valence-electron chi connectivity index (χ2n) is 14.6. The minimum absolute atomic E-state index is 0.305. The molecule has 7 nitrogen and oxygen atoms in total. The molecule has 0 aliphatic carbocycles. The van der Waals surface area contributed by atoms with Crippen molar-refractivity contribution in [2.75, 3.05) is 47.1 Å². The Kier molecular flexibility index (Phi) is 52.7. The van der Waals surface area contributed by atoms with Gasteiger partial charge >= 0.3 is 0 Å². The summed E-state index contributed by atoms with van der Waals surface area (Å²) >= 11 is 0. The summed E-state index contributed by atoms with van der Waals surface area (Å²) in [7, 11) is -1.54. The van der Waals surface area contributed by atoms with Crippen LogP contribution in [0.2, 0.25) is 0 Å². The third kappa shape index (κ3) is 59.9. The van der Waals surface area contributed by atoms with Crippen LogP contribution in [0.25, 0.3) is 0 Å². The van der Waals surface area contributed by atoms with Gasteiger partial charge in [0.2, 0.25) is 10.4 Å². The molecule has 2 N–H and O–H groups in total. The number of hydrogen-bond donors (Lipinski definition) is 2. The van der Waals surface area contributed by atoms with E-state index in [-0.39, 0.29) is 0 Å². The maximum atomic E-state index is 9.22. The number of quaternary nitrogens is 1. The van der Waals surface area contributed by atoms with E-state index in [4.69, 9.17) is 9.84 Å². The maximum Gasteiger partial charge on any atom is 0.217 e. The van der Waals surface area contributed by atoms with Gasteiger partial charge in [-0.25, -0.2) is 8.42 Å². The van der Waals surface area contributed by atoms with Crippen LogP contribution < -0.4 is 4.90 Å². The molecule has 0 aromatic heterocycles. The lowest BCUT2D eigenvalue weighted by Crippen LogP contribution is -3.09. The first-order valence-electron chi connectivity index (χ1n) is 21.8. The zero-order chi connectivity index (χ0) is 37.7. The molecule has 1 unspecified atom stereocenters. The molecule has 0 rings (SSSR count). The molecule has 0 aromatic carbocycles. The predicted molar refractivity (Wildman–Crippen MR) is 216 cm³/mol. The van der Waals surface area contributed by atoms with Crippen molar-refractivity contribution in [3.8, 4) is 0 Å². The first kappa shape index (κ1) is 54.1. The summed E-state index contributed by atoms with van der Waals surface area (Å²) in [6, 6.07) is 0. The number of aliphatic hydroxyl groups is 1. The molecule has 0 bridgehead atoms. The average Bonchev–Trinajstić information content (AvgIpc) is 3.10. The van der Waals surface area contributed by atoms with Crippen molar-refractivity contribution in [3.05, 3.63) is 0 Å². The Morgan fingerprint density at radius 3 is 0.860 bits per heavy atom. The van der Waals surface area contributed by atoms with Crippen LogP contribution >= 0.6 is 0 Å². The molecule has 0 aliphatic rings. The Hall–Kier alpha value is -0.250. The standard InChI is InChI=1S/C36H74O.C5H13NO.CH4O4S/c1-3-5-7-9-11-13-15-17-19-21-23-25-27-29-31-33-35-37-36-34-32-30-28-26-24-22-20-18-16-14-12-10-8-6-4-2;1-3-6(2)4-5-7;1-5-6(2,3)4/h3-36H2,1-2H3;7H,3-5H2,1-2H3;1H3,(H,2,3,4). The summed E-state index contributed by atoms with van der Waals surface area (Å²) in [6.45, 7) is 11.0. The van der Waals surface area contributed by atoms with Crippen molar-refractivity contribution in [3.63, 3.8) is 0 Å². The van der Waals surface area contributed by atoms with E-state index in [0.29, 0.717) is 6.61 Å². The molecule has 1 atom stereocenters. The van der Waals surface area contributed by atoms with Crippen molar-refractivity contribution in [1.29, 1.82) is 0 Å². The molecule has 0 amide bonds. The van der Waals surface area contributed by atoms with E-state index in [1.165, 1.54) is 210 Å². The number of likely N-dealkylation sites (N-methyl/N-ethyl adjacent to an activating group) is 1. The summed E-state index contributed by atoms with van der Waals surface area (Å²) in [5.74, 6) is 0. The number of unbranched alkanes of at least 4 members (excludes halogenated alkanes) is 30. The lowest BCUT2D eigenvalue weighted by atomic mass is 10.0. The van der Waals surface area contributed by atoms with Crippen molar-refractivity contribution in [2.24, 2.45) is 0 Å². The summed E-state index contributed by atoms with van der Waals surface area (Å²) in [5, 5.41) is 8.35. The molecule has 306 valence electrons. The van der Waals surface area contributed by atoms with Crippen LogP contribution in [0.4, 0.5) is 0 Å². The van der Waals surface area contributed by atoms with Crippen LogP contribution in [0.1, 0.15) is 226 Å². The Balaban J connectivity index is -0.00000142. The zero-order valence-corrected chi connectivity index (χ0v) is 35.4. The number of ether oxygens (including phenoxy) is 1. The highest BCUT2D eigenvalue weighted by molar-refractivity contribution is 7.80. The van der Waals surface area contributed by atoms with E-state index in [1.54, 1.807) is 0 Å². The second-order valence-corrected chi connectivity index (χ2v) is 15.7. The maximum absolute atomic E-state index is 9.22. The van der Waals surface area contributed by atoms with Crippen LogP contribution in [0, 0.1) is 0 Å². The molecule has 50 heavy (non-hydrogen) atoms. The number of nitrogens with one attached hydrogen (secondary N) is 1. The molecule has 0 saturated heterocycles. The van der Waals surface area contributed by atoms with E-state index in [2.05, 4.69) is 32.0 Å². The van der Waals surface area contributed by atoms with Gasteiger partial charge in [-0.1, -0.05) is 206 Å². The summed E-state index contributed by atoms with van der Waals surface area (Å²) in [5.41, 5.74) is 0. The van der Waals surface area contributed by atoms with E-state index in [1.807, 2.05) is 0 Å². The zero-order valence-electron chi connectivity index (χ0n) is 34.6. The quantitative estimate of drug-likeness (QED) is 0.0372. The Bertz CT molecular complexity index is 645. The van der Waals surface area contributed by atoms with E-state index >= 15 is 0 Å². The van der Waals surface area contributed by atoms with Gasteiger partial charge in [-0.3, -0.25) is 4.18 Å². The third-order valence-electron chi connectivity index (χ3n) is 9.63. The fourth-order valence-corrected chi connectivity index (χ4v) is 5.97. The van der Waals surface area contributed by atoms with E-state index in [0.717, 1.165) is 33.4 Å². The molecular formula is C42H91NO6S. The van der Waals surface area contributed by atoms with Gasteiger partial charge in [0, 0.05) is 13.2 Å². The average molecular weight is 738 g/mol. The third-order valence-corrected chi connectivity index (χ3v) is 10.0. The molecule has 0 aromatic rings. The fraction of sp³-hybridized carbons (Fsp3) is 1.00. The highest BCUT2D eigenvalue weighted by Crippen LogP contribution is 2.15. The van der Waals surface area contributed by atoms with Gasteiger partial charge in [0.1, 0.15) is 6.54 Å². The van der Waals surface area contributed by atoms with Gasteiger partial charge in [-0.05, 0) is 19.8 Å². The topological polar surface area (TPSA) is 100 Å². The molecule has 0 heterocycles. The Morgan fingerprint density at radius 1 is 0.480 bits per heavy atom. The monoisotopic (exact) mass is 738 g/mol. The Morgan fingerprint density at radius 2 is 0.700 bits per heavy atom. The van der Waals surface area contributed by atoms with Crippen LogP contribution in [-0.2, 0) is 19.3 Å². The van der Waals surface area contributed by atoms with E-state index < -0.39 is 10.4 Å². The van der Waals surface area contributed by atoms with Gasteiger partial charge in [-0.15, -0.1) is 0 Å². The van der Waals surface area contributed by atoms with Gasteiger partial charge in [-0.2, -0.15) is 0 Å². The summed E-state index contributed by atoms with van der Waals surface area (Å²) < 4.78 is 36.9. The van der Waals surface area contributed by atoms with Crippen molar-refractivity contribution >= 4 is 10.4 Å². The lowest BCUT2D eigenvalue weighted by molar-refractivity contribution is -0.878. The molecule has 0 radical (unpaired) electrons. The molecule has 0 fully saturated rings. The molecule has 0 spiro atoms.